The summed E-state index contributed by atoms with van der Waals surface area (Å²) in [5.41, 5.74) is 3.07. The lowest BCUT2D eigenvalue weighted by Crippen LogP contribution is -2.03. The highest BCUT2D eigenvalue weighted by Crippen LogP contribution is 2.23. The summed E-state index contributed by atoms with van der Waals surface area (Å²) in [6, 6.07) is 7.21. The summed E-state index contributed by atoms with van der Waals surface area (Å²) >= 11 is 9.48. The van der Waals surface area contributed by atoms with Crippen molar-refractivity contribution in [2.24, 2.45) is 0 Å². The van der Waals surface area contributed by atoms with E-state index in [1.165, 1.54) is 0 Å². The van der Waals surface area contributed by atoms with E-state index in [2.05, 4.69) is 37.3 Å². The fourth-order valence-electron chi connectivity index (χ4n) is 1.96. The molecule has 21 heavy (non-hydrogen) atoms. The average molecular weight is 363 g/mol. The SMILES string of the molecule is N#Cc1ccc(NCc2cnc3cnc(Br)cn23)c(Cl)c1. The highest BCUT2D eigenvalue weighted by molar-refractivity contribution is 9.10. The summed E-state index contributed by atoms with van der Waals surface area (Å²) in [6.07, 6.45) is 5.34. The van der Waals surface area contributed by atoms with Crippen LogP contribution >= 0.6 is 27.5 Å². The molecule has 0 atom stereocenters. The van der Waals surface area contributed by atoms with Crippen LogP contribution < -0.4 is 5.32 Å². The molecular weight excluding hydrogens is 354 g/mol. The fraction of sp³-hybridized carbons (Fsp3) is 0.0714. The largest absolute Gasteiger partial charge is 0.378 e. The first kappa shape index (κ1) is 13.9. The van der Waals surface area contributed by atoms with Gasteiger partial charge in [-0.05, 0) is 34.1 Å². The van der Waals surface area contributed by atoms with E-state index < -0.39 is 0 Å². The smallest absolute Gasteiger partial charge is 0.155 e. The zero-order chi connectivity index (χ0) is 14.8. The molecule has 0 spiro atoms. The van der Waals surface area contributed by atoms with Gasteiger partial charge in [-0.3, -0.25) is 4.40 Å². The number of benzene rings is 1. The van der Waals surface area contributed by atoms with Crippen molar-refractivity contribution in [2.75, 3.05) is 5.32 Å². The molecule has 1 N–H and O–H groups in total. The van der Waals surface area contributed by atoms with Crippen molar-refractivity contribution in [3.05, 3.63) is 57.7 Å². The molecule has 2 aromatic heterocycles. The quantitative estimate of drug-likeness (QED) is 0.772. The Balaban J connectivity index is 1.84. The van der Waals surface area contributed by atoms with E-state index in [4.69, 9.17) is 16.9 Å². The molecule has 0 unspecified atom stereocenters. The second-order valence-electron chi connectivity index (χ2n) is 4.35. The summed E-state index contributed by atoms with van der Waals surface area (Å²) in [5, 5.41) is 12.6. The molecule has 0 amide bonds. The van der Waals surface area contributed by atoms with Crippen molar-refractivity contribution in [3.8, 4) is 6.07 Å². The lowest BCUT2D eigenvalue weighted by atomic mass is 10.2. The van der Waals surface area contributed by atoms with Gasteiger partial charge in [0.2, 0.25) is 0 Å². The van der Waals surface area contributed by atoms with Crippen LogP contribution in [0, 0.1) is 11.3 Å². The summed E-state index contributed by atoms with van der Waals surface area (Å²) in [4.78, 5) is 8.42. The van der Waals surface area contributed by atoms with Gasteiger partial charge in [0.1, 0.15) is 4.60 Å². The molecule has 0 bridgehead atoms. The normalized spacial score (nSPS) is 10.5. The summed E-state index contributed by atoms with van der Waals surface area (Å²) in [7, 11) is 0. The van der Waals surface area contributed by atoms with E-state index >= 15 is 0 Å². The molecule has 0 aliphatic carbocycles. The predicted molar refractivity (Wildman–Crippen MR) is 84.2 cm³/mol. The number of rotatable bonds is 3. The molecule has 5 nitrogen and oxygen atoms in total. The zero-order valence-electron chi connectivity index (χ0n) is 10.7. The van der Waals surface area contributed by atoms with E-state index in [0.29, 0.717) is 17.1 Å². The van der Waals surface area contributed by atoms with E-state index in [1.54, 1.807) is 30.6 Å². The Bertz CT molecular complexity index is 852. The molecule has 0 saturated carbocycles. The van der Waals surface area contributed by atoms with Crippen LogP contribution in [-0.4, -0.2) is 14.4 Å². The van der Waals surface area contributed by atoms with Gasteiger partial charge < -0.3 is 5.32 Å². The molecule has 0 aliphatic rings. The van der Waals surface area contributed by atoms with Gasteiger partial charge in [0, 0.05) is 6.20 Å². The second kappa shape index (κ2) is 5.72. The molecule has 0 aliphatic heterocycles. The van der Waals surface area contributed by atoms with Crippen LogP contribution in [0.3, 0.4) is 0 Å². The maximum absolute atomic E-state index is 8.83. The van der Waals surface area contributed by atoms with Crippen molar-refractivity contribution >= 4 is 38.9 Å². The van der Waals surface area contributed by atoms with E-state index in [0.717, 1.165) is 21.6 Å². The Kier molecular flexibility index (Phi) is 3.78. The number of hydrogen-bond donors (Lipinski definition) is 1. The van der Waals surface area contributed by atoms with Gasteiger partial charge in [-0.2, -0.15) is 5.26 Å². The van der Waals surface area contributed by atoms with Gasteiger partial charge in [-0.25, -0.2) is 9.97 Å². The number of nitrogens with zero attached hydrogens (tertiary/aromatic N) is 4. The number of halogens is 2. The minimum atomic E-state index is 0.519. The van der Waals surface area contributed by atoms with E-state index in [-0.39, 0.29) is 0 Å². The van der Waals surface area contributed by atoms with E-state index in [9.17, 15) is 0 Å². The topological polar surface area (TPSA) is 66.0 Å². The minimum absolute atomic E-state index is 0.519. The Labute approximate surface area is 134 Å². The molecular formula is C14H9BrClN5. The third-order valence-corrected chi connectivity index (χ3v) is 3.72. The van der Waals surface area contributed by atoms with Gasteiger partial charge >= 0.3 is 0 Å². The average Bonchev–Trinajstić information content (AvgIpc) is 2.88. The second-order valence-corrected chi connectivity index (χ2v) is 5.57. The molecule has 0 fully saturated rings. The molecule has 1 aromatic carbocycles. The number of aromatic nitrogens is 3. The summed E-state index contributed by atoms with van der Waals surface area (Å²) < 4.78 is 2.69. The van der Waals surface area contributed by atoms with Crippen LogP contribution in [-0.2, 0) is 6.54 Å². The third-order valence-electron chi connectivity index (χ3n) is 3.00. The first-order valence-electron chi connectivity index (χ1n) is 6.08. The summed E-state index contributed by atoms with van der Waals surface area (Å²) in [5.74, 6) is 0. The van der Waals surface area contributed by atoms with Gasteiger partial charge in [-0.15, -0.1) is 0 Å². The van der Waals surface area contributed by atoms with Gasteiger partial charge in [0.05, 0.1) is 47.0 Å². The maximum atomic E-state index is 8.83. The number of anilines is 1. The monoisotopic (exact) mass is 361 g/mol. The zero-order valence-corrected chi connectivity index (χ0v) is 13.1. The number of imidazole rings is 1. The van der Waals surface area contributed by atoms with Crippen molar-refractivity contribution in [2.45, 2.75) is 6.54 Å². The molecule has 2 heterocycles. The van der Waals surface area contributed by atoms with Gasteiger partial charge in [-0.1, -0.05) is 11.6 Å². The van der Waals surface area contributed by atoms with Gasteiger partial charge in [0.25, 0.3) is 0 Å². The molecule has 3 rings (SSSR count). The van der Waals surface area contributed by atoms with Crippen LogP contribution in [0.2, 0.25) is 5.02 Å². The Morgan fingerprint density at radius 2 is 2.19 bits per heavy atom. The van der Waals surface area contributed by atoms with Crippen molar-refractivity contribution in [1.82, 2.24) is 14.4 Å². The molecule has 104 valence electrons. The van der Waals surface area contributed by atoms with Crippen LogP contribution in [0.4, 0.5) is 5.69 Å². The van der Waals surface area contributed by atoms with Crippen molar-refractivity contribution in [3.63, 3.8) is 0 Å². The van der Waals surface area contributed by atoms with Crippen LogP contribution in [0.1, 0.15) is 11.3 Å². The lowest BCUT2D eigenvalue weighted by molar-refractivity contribution is 0.983. The Morgan fingerprint density at radius 3 is 2.95 bits per heavy atom. The van der Waals surface area contributed by atoms with Gasteiger partial charge in [0.15, 0.2) is 5.65 Å². The molecule has 0 saturated heterocycles. The number of nitrogens with one attached hydrogen (secondary N) is 1. The van der Waals surface area contributed by atoms with E-state index in [1.807, 2.05) is 10.6 Å². The van der Waals surface area contributed by atoms with Crippen LogP contribution in [0.25, 0.3) is 5.65 Å². The standard InChI is InChI=1S/C14H9BrClN5/c15-13-8-21-10(6-20-14(21)7-19-13)5-18-12-2-1-9(4-17)3-11(12)16/h1-3,6-8,18H,5H2. The third kappa shape index (κ3) is 2.84. The molecule has 0 radical (unpaired) electrons. The fourth-order valence-corrected chi connectivity index (χ4v) is 2.52. The molecule has 7 heteroatoms. The van der Waals surface area contributed by atoms with Crippen molar-refractivity contribution in [1.29, 1.82) is 5.26 Å². The molecule has 3 aromatic rings. The Hall–Kier alpha value is -2.10. The maximum Gasteiger partial charge on any atom is 0.155 e. The number of nitriles is 1. The first-order valence-corrected chi connectivity index (χ1v) is 7.25. The number of fused-ring (bicyclic) bond motifs is 1. The summed E-state index contributed by atoms with van der Waals surface area (Å²) in [6.45, 7) is 0.559. The highest BCUT2D eigenvalue weighted by Gasteiger charge is 2.06. The van der Waals surface area contributed by atoms with Crippen molar-refractivity contribution < 1.29 is 0 Å². The lowest BCUT2D eigenvalue weighted by Gasteiger charge is -2.08. The predicted octanol–water partition coefficient (Wildman–Crippen LogP) is 3.63. The van der Waals surface area contributed by atoms with Crippen LogP contribution in [0.5, 0.6) is 0 Å². The minimum Gasteiger partial charge on any atom is -0.378 e. The number of hydrogen-bond acceptors (Lipinski definition) is 4. The first-order chi connectivity index (χ1) is 10.2. The Morgan fingerprint density at radius 1 is 1.33 bits per heavy atom. The van der Waals surface area contributed by atoms with Crippen LogP contribution in [0.15, 0.2) is 41.4 Å². The highest BCUT2D eigenvalue weighted by atomic mass is 79.9.